The van der Waals surface area contributed by atoms with E-state index in [1.807, 2.05) is 0 Å². The molecule has 59 heavy (non-hydrogen) atoms. The highest BCUT2D eigenvalue weighted by atomic mass is 15.2. The highest BCUT2D eigenvalue weighted by molar-refractivity contribution is 6.03. The molecule has 6 aromatic rings. The van der Waals surface area contributed by atoms with Crippen molar-refractivity contribution < 1.29 is 0 Å². The van der Waals surface area contributed by atoms with Crippen molar-refractivity contribution >= 4 is 32.9 Å². The minimum atomic E-state index is -0.488. The van der Waals surface area contributed by atoms with E-state index >= 15 is 0 Å². The average Bonchev–Trinajstić information content (AvgIpc) is 3.53. The first-order valence-electron chi connectivity index (χ1n) is 22.5. The van der Waals surface area contributed by atoms with Gasteiger partial charge in [0.2, 0.25) is 0 Å². The lowest BCUT2D eigenvalue weighted by Crippen LogP contribution is -2.61. The first kappa shape index (κ1) is 35.8. The Labute approximate surface area is 351 Å². The van der Waals surface area contributed by atoms with Crippen LogP contribution in [0.15, 0.2) is 156 Å². The van der Waals surface area contributed by atoms with Crippen LogP contribution in [-0.2, 0) is 27.1 Å². The molecule has 1 heteroatoms. The molecule has 5 aliphatic carbocycles. The van der Waals surface area contributed by atoms with Crippen LogP contribution in [0.1, 0.15) is 127 Å². The molecule has 6 aliphatic rings. The van der Waals surface area contributed by atoms with Crippen LogP contribution in [0.25, 0.3) is 21.5 Å². The van der Waals surface area contributed by atoms with Crippen molar-refractivity contribution in [3.8, 4) is 0 Å². The smallest absolute Gasteiger partial charge is 0.0836 e. The summed E-state index contributed by atoms with van der Waals surface area (Å²) in [4.78, 5) is 2.80. The minimum absolute atomic E-state index is 0.141. The zero-order chi connectivity index (χ0) is 40.5. The zero-order valence-electron chi connectivity index (χ0n) is 36.3. The van der Waals surface area contributed by atoms with Gasteiger partial charge in [-0.3, -0.25) is 0 Å². The van der Waals surface area contributed by atoms with Gasteiger partial charge in [-0.1, -0.05) is 168 Å². The van der Waals surface area contributed by atoms with Gasteiger partial charge in [0, 0.05) is 38.1 Å². The Morgan fingerprint density at radius 3 is 1.71 bits per heavy atom. The van der Waals surface area contributed by atoms with Gasteiger partial charge in [-0.15, -0.1) is 0 Å². The van der Waals surface area contributed by atoms with Gasteiger partial charge >= 0.3 is 0 Å². The van der Waals surface area contributed by atoms with Crippen molar-refractivity contribution in [2.75, 3.05) is 4.90 Å². The van der Waals surface area contributed by atoms with Crippen molar-refractivity contribution in [3.05, 3.63) is 189 Å². The summed E-state index contributed by atoms with van der Waals surface area (Å²) in [5.41, 5.74) is 15.9. The summed E-state index contributed by atoms with van der Waals surface area (Å²) in [6.07, 6.45) is 12.3. The molecule has 0 aromatic heterocycles. The van der Waals surface area contributed by atoms with Gasteiger partial charge in [-0.25, -0.2) is 0 Å². The summed E-state index contributed by atoms with van der Waals surface area (Å²) in [6, 6.07) is 47.7. The molecule has 4 unspecified atom stereocenters. The van der Waals surface area contributed by atoms with Crippen molar-refractivity contribution in [3.63, 3.8) is 0 Å². The van der Waals surface area contributed by atoms with Gasteiger partial charge in [-0.05, 0) is 130 Å². The fourth-order valence-electron chi connectivity index (χ4n) is 14.7. The highest BCUT2D eigenvalue weighted by Gasteiger charge is 2.69. The molecule has 6 aromatic carbocycles. The normalized spacial score (nSPS) is 29.6. The predicted octanol–water partition coefficient (Wildman–Crippen LogP) is 14.9. The van der Waals surface area contributed by atoms with Crippen LogP contribution in [0.4, 0.5) is 11.4 Å². The molecule has 0 N–H and O–H groups in total. The van der Waals surface area contributed by atoms with E-state index in [0.717, 1.165) is 0 Å². The topological polar surface area (TPSA) is 3.24 Å². The van der Waals surface area contributed by atoms with E-state index in [1.54, 1.807) is 16.7 Å². The molecule has 1 fully saturated rings. The molecular weight excluding hydrogens is 711 g/mol. The second-order valence-electron chi connectivity index (χ2n) is 21.0. The summed E-state index contributed by atoms with van der Waals surface area (Å²) in [6.45, 7) is 20.4. The van der Waals surface area contributed by atoms with Crippen LogP contribution >= 0.6 is 0 Å². The Hall–Kier alpha value is -5.14. The first-order valence-corrected chi connectivity index (χ1v) is 22.5. The number of rotatable bonds is 2. The maximum atomic E-state index is 2.80. The largest absolute Gasteiger partial charge is 0.327 e. The molecule has 1 saturated carbocycles. The van der Waals surface area contributed by atoms with Crippen LogP contribution < -0.4 is 4.90 Å². The van der Waals surface area contributed by atoms with Crippen molar-refractivity contribution in [2.24, 2.45) is 0 Å². The maximum absolute atomic E-state index is 2.80. The second kappa shape index (κ2) is 11.4. The van der Waals surface area contributed by atoms with Crippen LogP contribution in [0, 0.1) is 0 Å². The Balaban J connectivity index is 1.22. The minimum Gasteiger partial charge on any atom is -0.327 e. The Bertz CT molecular complexity index is 2920. The molecule has 0 amide bonds. The SMILES string of the molecule is CC1(C)C2=CC3(C)C4=C(C2(C)c2ccccc21)C1(C)C(=CC4(C)N(c2ccc4cc(C5CCCCC5)ccc4c2)c2c3ccc3ccccc23)C(C)(C)c2ccccc21. The number of hydrogen-bond acceptors (Lipinski definition) is 1. The highest BCUT2D eigenvalue weighted by Crippen LogP contribution is 2.74. The molecule has 0 spiro atoms. The fourth-order valence-corrected chi connectivity index (χ4v) is 14.7. The number of fused-ring (bicyclic) bond motifs is 13. The van der Waals surface area contributed by atoms with Gasteiger partial charge in [0.05, 0.1) is 11.2 Å². The Morgan fingerprint density at radius 1 is 0.475 bits per heavy atom. The van der Waals surface area contributed by atoms with Crippen LogP contribution in [0.2, 0.25) is 0 Å². The van der Waals surface area contributed by atoms with E-state index in [1.165, 1.54) is 104 Å². The molecule has 4 atom stereocenters. The Morgan fingerprint density at radius 2 is 1.03 bits per heavy atom. The van der Waals surface area contributed by atoms with Crippen molar-refractivity contribution in [1.29, 1.82) is 0 Å². The van der Waals surface area contributed by atoms with Gasteiger partial charge in [0.15, 0.2) is 0 Å². The first-order chi connectivity index (χ1) is 28.2. The van der Waals surface area contributed by atoms with Gasteiger partial charge < -0.3 is 4.90 Å². The van der Waals surface area contributed by atoms with E-state index in [-0.39, 0.29) is 27.1 Å². The third-order valence-electron chi connectivity index (χ3n) is 17.2. The average molecular weight is 768 g/mol. The van der Waals surface area contributed by atoms with E-state index < -0.39 is 5.54 Å². The van der Waals surface area contributed by atoms with Crippen molar-refractivity contribution in [2.45, 2.75) is 126 Å². The van der Waals surface area contributed by atoms with Gasteiger partial charge in [0.25, 0.3) is 0 Å². The summed E-state index contributed by atoms with van der Waals surface area (Å²) < 4.78 is 0. The van der Waals surface area contributed by atoms with Crippen LogP contribution in [0.5, 0.6) is 0 Å². The third kappa shape index (κ3) is 4.18. The third-order valence-corrected chi connectivity index (χ3v) is 17.2. The number of nitrogens with zero attached hydrogens (tertiary/aromatic N) is 1. The van der Waals surface area contributed by atoms with E-state index in [4.69, 9.17) is 0 Å². The molecule has 1 nitrogen and oxygen atoms in total. The molecule has 0 bridgehead atoms. The molecular formula is C58H57N. The second-order valence-corrected chi connectivity index (χ2v) is 21.0. The van der Waals surface area contributed by atoms with Crippen LogP contribution in [-0.4, -0.2) is 5.54 Å². The predicted molar refractivity (Wildman–Crippen MR) is 248 cm³/mol. The molecule has 0 radical (unpaired) electrons. The van der Waals surface area contributed by atoms with Gasteiger partial charge in [-0.2, -0.15) is 0 Å². The summed E-state index contributed by atoms with van der Waals surface area (Å²) in [7, 11) is 0. The standard InChI is InChI=1S/C58H57N/c1-53(2)43-22-14-16-24-45(43)57(7)48(53)34-55(5)47-31-29-37-20-12-13-21-42(37)50(47)59(41-30-28-39-32-38(26-27-40(39)33-41)36-18-10-9-11-19-36)56(6)35-49-54(3,4)44-23-15-17-25-46(44)58(49,8)52(57)51(55)56/h12-17,20-36H,9-11,18-19H2,1-8H3. The molecule has 294 valence electrons. The molecule has 1 heterocycles. The van der Waals surface area contributed by atoms with Crippen molar-refractivity contribution in [1.82, 2.24) is 0 Å². The molecule has 12 rings (SSSR count). The molecule has 1 aliphatic heterocycles. The lowest BCUT2D eigenvalue weighted by atomic mass is 9.45. The van der Waals surface area contributed by atoms with E-state index in [2.05, 4.69) is 194 Å². The summed E-state index contributed by atoms with van der Waals surface area (Å²) in [5.74, 6) is 0.688. The summed E-state index contributed by atoms with van der Waals surface area (Å²) >= 11 is 0. The Kier molecular flexibility index (Phi) is 6.89. The quantitative estimate of drug-likeness (QED) is 0.159. The van der Waals surface area contributed by atoms with Gasteiger partial charge in [0.1, 0.15) is 0 Å². The van der Waals surface area contributed by atoms with E-state index in [9.17, 15) is 0 Å². The lowest BCUT2D eigenvalue weighted by molar-refractivity contribution is 0.380. The zero-order valence-corrected chi connectivity index (χ0v) is 36.3. The van der Waals surface area contributed by atoms with Crippen LogP contribution in [0.3, 0.4) is 0 Å². The fraction of sp³-hybridized carbons (Fsp3) is 0.345. The number of allylic oxidation sites excluding steroid dienone is 4. The summed E-state index contributed by atoms with van der Waals surface area (Å²) in [5, 5.41) is 5.28. The number of anilines is 2. The van der Waals surface area contributed by atoms with E-state index in [0.29, 0.717) is 5.92 Å². The lowest BCUT2D eigenvalue weighted by Gasteiger charge is -2.63. The maximum Gasteiger partial charge on any atom is 0.0836 e. The number of hydrogen-bond donors (Lipinski definition) is 0. The molecule has 0 saturated heterocycles. The number of benzene rings is 6. The monoisotopic (exact) mass is 767 g/mol.